The lowest BCUT2D eigenvalue weighted by molar-refractivity contribution is 0.365. The lowest BCUT2D eigenvalue weighted by Crippen LogP contribution is -2.17. The highest BCUT2D eigenvalue weighted by Gasteiger charge is 2.38. The Kier molecular flexibility index (Phi) is 9.10. The van der Waals surface area contributed by atoms with Crippen molar-refractivity contribution < 1.29 is 15.3 Å². The van der Waals surface area contributed by atoms with Crippen molar-refractivity contribution in [2.75, 3.05) is 9.80 Å². The fourth-order valence-corrected chi connectivity index (χ4v) is 8.28. The van der Waals surface area contributed by atoms with Gasteiger partial charge >= 0.3 is 0 Å². The van der Waals surface area contributed by atoms with Gasteiger partial charge in [-0.3, -0.25) is 0 Å². The molecule has 0 amide bonds. The van der Waals surface area contributed by atoms with Gasteiger partial charge in [0.1, 0.15) is 0 Å². The van der Waals surface area contributed by atoms with Crippen LogP contribution >= 0.6 is 0 Å². The Labute approximate surface area is 324 Å². The quantitative estimate of drug-likeness (QED) is 0.0970. The molecule has 1 fully saturated rings. The second-order valence-electron chi connectivity index (χ2n) is 15.0. The van der Waals surface area contributed by atoms with Crippen LogP contribution in [0.5, 0.6) is 17.2 Å². The Morgan fingerprint density at radius 1 is 0.673 bits per heavy atom. The molecule has 0 spiro atoms. The van der Waals surface area contributed by atoms with E-state index in [0.717, 1.165) is 58.0 Å². The molecule has 0 atom stereocenters. The summed E-state index contributed by atoms with van der Waals surface area (Å²) in [5.41, 5.74) is 13.4. The largest absolute Gasteiger partial charge is 0.504 e. The number of nitrogens with zero attached hydrogens (tertiary/aromatic N) is 2. The van der Waals surface area contributed by atoms with Crippen molar-refractivity contribution in [3.05, 3.63) is 180 Å². The van der Waals surface area contributed by atoms with Gasteiger partial charge in [-0.05, 0) is 132 Å². The molecule has 6 aromatic rings. The summed E-state index contributed by atoms with van der Waals surface area (Å²) in [7, 11) is 0. The van der Waals surface area contributed by atoms with Crippen molar-refractivity contribution >= 4 is 28.4 Å². The van der Waals surface area contributed by atoms with Gasteiger partial charge in [-0.1, -0.05) is 105 Å². The van der Waals surface area contributed by atoms with E-state index < -0.39 is 5.75 Å². The zero-order chi connectivity index (χ0) is 38.4. The number of anilines is 5. The summed E-state index contributed by atoms with van der Waals surface area (Å²) in [5, 5.41) is 33.8. The van der Waals surface area contributed by atoms with E-state index in [9.17, 15) is 15.3 Å². The predicted octanol–water partition coefficient (Wildman–Crippen LogP) is 13.2. The number of rotatable bonds is 10. The van der Waals surface area contributed by atoms with Crippen LogP contribution in [0.1, 0.15) is 61.8 Å². The normalized spacial score (nSPS) is 14.4. The van der Waals surface area contributed by atoms with E-state index in [1.54, 1.807) is 0 Å². The van der Waals surface area contributed by atoms with Crippen LogP contribution in [0, 0.1) is 6.92 Å². The van der Waals surface area contributed by atoms with Gasteiger partial charge in [-0.15, -0.1) is 0 Å². The van der Waals surface area contributed by atoms with Gasteiger partial charge < -0.3 is 25.1 Å². The number of phenolic OH excluding ortho intramolecular Hbond substituents is 3. The van der Waals surface area contributed by atoms with Gasteiger partial charge in [-0.2, -0.15) is 0 Å². The summed E-state index contributed by atoms with van der Waals surface area (Å²) in [4.78, 5) is 4.21. The second kappa shape index (κ2) is 14.1. The highest BCUT2D eigenvalue weighted by molar-refractivity contribution is 5.90. The standard InChI is InChI=1S/C50H46N2O3/c1-6-8-14-36(7-2)51(37-15-10-9-11-16-37)38-25-21-33(22-26-38)34-23-27-39(28-24-34)52(46-32(3)45(35-19-20-35)47(53)49(55)48(46)54)40-29-30-42-41-17-12-13-18-43(41)50(4,5)44(42)31-40/h6-18,21-31,35,53-55H,2,19-20H2,1,3-5H3/b8-6-,36-14+. The Morgan fingerprint density at radius 2 is 1.25 bits per heavy atom. The number of hydrogen-bond acceptors (Lipinski definition) is 5. The van der Waals surface area contributed by atoms with Crippen molar-refractivity contribution in [2.24, 2.45) is 0 Å². The van der Waals surface area contributed by atoms with E-state index >= 15 is 0 Å². The van der Waals surface area contributed by atoms with Crippen LogP contribution < -0.4 is 9.80 Å². The minimum Gasteiger partial charge on any atom is -0.504 e. The minimum absolute atomic E-state index is 0.143. The monoisotopic (exact) mass is 722 g/mol. The average molecular weight is 723 g/mol. The van der Waals surface area contributed by atoms with Crippen LogP contribution in [-0.4, -0.2) is 15.3 Å². The summed E-state index contributed by atoms with van der Waals surface area (Å²) < 4.78 is 0. The van der Waals surface area contributed by atoms with Crippen molar-refractivity contribution in [2.45, 2.75) is 51.9 Å². The second-order valence-corrected chi connectivity index (χ2v) is 15.0. The van der Waals surface area contributed by atoms with Crippen molar-refractivity contribution in [1.82, 2.24) is 0 Å². The summed E-state index contributed by atoms with van der Waals surface area (Å²) in [6, 6.07) is 42.1. The molecule has 2 aliphatic carbocycles. The van der Waals surface area contributed by atoms with Crippen LogP contribution in [-0.2, 0) is 5.41 Å². The van der Waals surface area contributed by atoms with Crippen molar-refractivity contribution in [3.8, 4) is 39.5 Å². The molecule has 5 heteroatoms. The zero-order valence-corrected chi connectivity index (χ0v) is 31.8. The summed E-state index contributed by atoms with van der Waals surface area (Å²) in [6.07, 6.45) is 9.81. The van der Waals surface area contributed by atoms with E-state index in [0.29, 0.717) is 11.3 Å². The molecule has 0 heterocycles. The van der Waals surface area contributed by atoms with Crippen molar-refractivity contribution in [3.63, 3.8) is 0 Å². The highest BCUT2D eigenvalue weighted by atomic mass is 16.3. The molecule has 8 rings (SSSR count). The van der Waals surface area contributed by atoms with Gasteiger partial charge in [0.2, 0.25) is 5.75 Å². The number of benzene rings is 6. The molecule has 0 aliphatic heterocycles. The van der Waals surface area contributed by atoms with Crippen LogP contribution in [0.2, 0.25) is 0 Å². The topological polar surface area (TPSA) is 67.2 Å². The predicted molar refractivity (Wildman–Crippen MR) is 228 cm³/mol. The van der Waals surface area contributed by atoms with E-state index in [4.69, 9.17) is 0 Å². The van der Waals surface area contributed by atoms with E-state index in [1.807, 2.05) is 55.2 Å². The van der Waals surface area contributed by atoms with Gasteiger partial charge in [0, 0.05) is 39.4 Å². The molecule has 3 N–H and O–H groups in total. The first kappa shape index (κ1) is 35.6. The number of fused-ring (bicyclic) bond motifs is 3. The van der Waals surface area contributed by atoms with E-state index in [2.05, 4.69) is 135 Å². The smallest absolute Gasteiger partial charge is 0.202 e. The summed E-state index contributed by atoms with van der Waals surface area (Å²) in [6.45, 7) is 12.5. The number of aromatic hydroxyl groups is 3. The molecule has 0 bridgehead atoms. The molecule has 1 saturated carbocycles. The molecule has 0 aromatic heterocycles. The molecule has 0 unspecified atom stereocenters. The highest BCUT2D eigenvalue weighted by Crippen LogP contribution is 2.58. The molecule has 2 aliphatic rings. The third-order valence-electron chi connectivity index (χ3n) is 11.2. The third kappa shape index (κ3) is 6.16. The lowest BCUT2D eigenvalue weighted by Gasteiger charge is -2.31. The Bertz CT molecular complexity index is 2470. The maximum atomic E-state index is 11.6. The molecule has 55 heavy (non-hydrogen) atoms. The average Bonchev–Trinajstić information content (AvgIpc) is 4.03. The number of hydrogen-bond donors (Lipinski definition) is 3. The van der Waals surface area contributed by atoms with E-state index in [1.165, 1.54) is 22.3 Å². The molecule has 0 radical (unpaired) electrons. The fraction of sp³-hybridized carbons (Fsp3) is 0.160. The SMILES string of the molecule is C=C/C(=C\C=C/C)N(c1ccccc1)c1ccc(-c2ccc(N(c3ccc4c(c3)C(C)(C)c3ccccc3-4)c3c(C)c(C4CC4)c(O)c(O)c3O)cc2)cc1. The van der Waals surface area contributed by atoms with Crippen LogP contribution in [0.3, 0.4) is 0 Å². The first-order valence-corrected chi connectivity index (χ1v) is 19.0. The summed E-state index contributed by atoms with van der Waals surface area (Å²) in [5.74, 6) is -0.908. The molecular weight excluding hydrogens is 677 g/mol. The molecule has 0 saturated heterocycles. The molecular formula is C50H46N2O3. The summed E-state index contributed by atoms with van der Waals surface area (Å²) >= 11 is 0. The van der Waals surface area contributed by atoms with Gasteiger partial charge in [-0.25, -0.2) is 0 Å². The van der Waals surface area contributed by atoms with Crippen LogP contribution in [0.4, 0.5) is 28.4 Å². The maximum Gasteiger partial charge on any atom is 0.202 e. The minimum atomic E-state index is -0.483. The maximum absolute atomic E-state index is 11.6. The molecule has 5 nitrogen and oxygen atoms in total. The Morgan fingerprint density at radius 3 is 1.89 bits per heavy atom. The van der Waals surface area contributed by atoms with Crippen LogP contribution in [0.25, 0.3) is 22.3 Å². The van der Waals surface area contributed by atoms with Gasteiger partial charge in [0.25, 0.3) is 0 Å². The number of allylic oxidation sites excluding steroid dienone is 4. The lowest BCUT2D eigenvalue weighted by atomic mass is 9.82. The van der Waals surface area contributed by atoms with Crippen molar-refractivity contribution in [1.29, 1.82) is 0 Å². The fourth-order valence-electron chi connectivity index (χ4n) is 8.28. The number of phenols is 3. The Hall–Kier alpha value is -6.46. The van der Waals surface area contributed by atoms with E-state index in [-0.39, 0.29) is 22.8 Å². The van der Waals surface area contributed by atoms with Gasteiger partial charge in [0.15, 0.2) is 11.5 Å². The first-order chi connectivity index (χ1) is 26.6. The molecule has 6 aromatic carbocycles. The zero-order valence-electron chi connectivity index (χ0n) is 31.8. The number of para-hydroxylation sites is 1. The first-order valence-electron chi connectivity index (χ1n) is 19.0. The van der Waals surface area contributed by atoms with Gasteiger partial charge in [0.05, 0.1) is 5.69 Å². The molecule has 274 valence electrons. The Balaban J connectivity index is 1.21. The third-order valence-corrected chi connectivity index (χ3v) is 11.2. The van der Waals surface area contributed by atoms with Crippen LogP contribution in [0.15, 0.2) is 158 Å².